The van der Waals surface area contributed by atoms with Gasteiger partial charge in [-0.2, -0.15) is 0 Å². The molecule has 0 spiro atoms. The Balaban J connectivity index is 3.10. The summed E-state index contributed by atoms with van der Waals surface area (Å²) in [5, 5.41) is 3.27. The van der Waals surface area contributed by atoms with Crippen LogP contribution in [-0.2, 0) is 4.79 Å². The van der Waals surface area contributed by atoms with Crippen LogP contribution in [0.25, 0.3) is 0 Å². The summed E-state index contributed by atoms with van der Waals surface area (Å²) < 4.78 is 5.24. The lowest BCUT2D eigenvalue weighted by Crippen LogP contribution is -2.31. The minimum atomic E-state index is -0.660. The zero-order chi connectivity index (χ0) is 13.2. The van der Waals surface area contributed by atoms with Gasteiger partial charge in [-0.3, -0.25) is 4.79 Å². The molecule has 0 saturated carbocycles. The van der Waals surface area contributed by atoms with Gasteiger partial charge in [0.15, 0.2) is 5.75 Å². The molecule has 0 aliphatic carbocycles. The summed E-state index contributed by atoms with van der Waals surface area (Å²) in [5.41, 5.74) is 0.532. The lowest BCUT2D eigenvalue weighted by molar-refractivity contribution is -0.117. The number of alkyl halides is 1. The van der Waals surface area contributed by atoms with Gasteiger partial charge in [0.2, 0.25) is 5.91 Å². The number of benzene rings is 1. The van der Waals surface area contributed by atoms with E-state index in [-0.39, 0.29) is 5.91 Å². The minimum Gasteiger partial charge on any atom is -0.493 e. The summed E-state index contributed by atoms with van der Waals surface area (Å²) in [7, 11) is 1.53. The fraction of sp³-hybridized carbons (Fsp3) is 0.364. The number of ether oxygens (including phenoxy) is 1. The lowest BCUT2D eigenvalue weighted by atomic mass is 10.2. The topological polar surface area (TPSA) is 38.3 Å². The molecule has 0 atom stereocenters. The molecular weight excluding hydrogens is 373 g/mol. The lowest BCUT2D eigenvalue weighted by Gasteiger charge is -2.18. The molecule has 94 valence electrons. The summed E-state index contributed by atoms with van der Waals surface area (Å²) in [5.74, 6) is 0.365. The highest BCUT2D eigenvalue weighted by molar-refractivity contribution is 9.10. The van der Waals surface area contributed by atoms with Crippen molar-refractivity contribution in [1.82, 2.24) is 0 Å². The van der Waals surface area contributed by atoms with Crippen molar-refractivity contribution in [1.29, 1.82) is 0 Å². The summed E-state index contributed by atoms with van der Waals surface area (Å²) in [4.78, 5) is 11.9. The van der Waals surface area contributed by atoms with Gasteiger partial charge < -0.3 is 10.1 Å². The first kappa shape index (κ1) is 14.8. The number of carbonyl (C=O) groups excluding carboxylic acids is 1. The Kier molecular flexibility index (Phi) is 4.86. The molecule has 0 aliphatic rings. The summed E-state index contributed by atoms with van der Waals surface area (Å²) in [6.07, 6.45) is 0. The monoisotopic (exact) mass is 383 g/mol. The molecular formula is C11H12Br2ClNO2. The van der Waals surface area contributed by atoms with Gasteiger partial charge in [-0.1, -0.05) is 27.5 Å². The van der Waals surface area contributed by atoms with E-state index in [1.54, 1.807) is 26.0 Å². The number of hydrogen-bond acceptors (Lipinski definition) is 2. The molecule has 1 aromatic carbocycles. The number of amides is 1. The van der Waals surface area contributed by atoms with Crippen molar-refractivity contribution in [2.45, 2.75) is 18.2 Å². The first-order valence-electron chi connectivity index (χ1n) is 4.79. The van der Waals surface area contributed by atoms with Crippen LogP contribution >= 0.6 is 43.5 Å². The van der Waals surface area contributed by atoms with E-state index in [0.29, 0.717) is 20.9 Å². The predicted molar refractivity (Wildman–Crippen MR) is 77.3 cm³/mol. The number of methoxy groups -OCH3 is 1. The van der Waals surface area contributed by atoms with Gasteiger partial charge in [0, 0.05) is 5.02 Å². The molecule has 6 heteroatoms. The maximum atomic E-state index is 11.9. The van der Waals surface area contributed by atoms with Crippen LogP contribution in [-0.4, -0.2) is 17.3 Å². The molecule has 1 amide bonds. The molecule has 0 fully saturated rings. The van der Waals surface area contributed by atoms with E-state index in [2.05, 4.69) is 37.2 Å². The van der Waals surface area contributed by atoms with Crippen molar-refractivity contribution in [2.75, 3.05) is 12.4 Å². The molecule has 0 heterocycles. The van der Waals surface area contributed by atoms with E-state index in [0.717, 1.165) is 0 Å². The summed E-state index contributed by atoms with van der Waals surface area (Å²) >= 11 is 12.5. The van der Waals surface area contributed by atoms with Crippen molar-refractivity contribution in [3.8, 4) is 5.75 Å². The average Bonchev–Trinajstić information content (AvgIpc) is 2.15. The largest absolute Gasteiger partial charge is 0.493 e. The Hall–Kier alpha value is -0.260. The van der Waals surface area contributed by atoms with Crippen LogP contribution in [0.4, 0.5) is 5.69 Å². The highest BCUT2D eigenvalue weighted by Crippen LogP contribution is 2.36. The molecule has 0 saturated heterocycles. The van der Waals surface area contributed by atoms with E-state index < -0.39 is 4.32 Å². The standard InChI is InChI=1S/C11H12Br2ClNO2/c1-11(2,13)10(16)15-8-5-6(14)4-7(12)9(8)17-3/h4-5H,1-3H3,(H,15,16). The molecule has 0 unspecified atom stereocenters. The van der Waals surface area contributed by atoms with Crippen molar-refractivity contribution >= 4 is 55.1 Å². The van der Waals surface area contributed by atoms with Gasteiger partial charge in [0.25, 0.3) is 0 Å². The Bertz CT molecular complexity index is 444. The fourth-order valence-electron chi connectivity index (χ4n) is 1.13. The maximum Gasteiger partial charge on any atom is 0.240 e. The Morgan fingerprint density at radius 3 is 2.53 bits per heavy atom. The number of nitrogens with one attached hydrogen (secondary N) is 1. The molecule has 0 bridgehead atoms. The molecule has 17 heavy (non-hydrogen) atoms. The Morgan fingerprint density at radius 1 is 1.47 bits per heavy atom. The summed E-state index contributed by atoms with van der Waals surface area (Å²) in [6.45, 7) is 3.52. The van der Waals surface area contributed by atoms with Gasteiger partial charge in [-0.25, -0.2) is 0 Å². The van der Waals surface area contributed by atoms with Gasteiger partial charge >= 0.3 is 0 Å². The van der Waals surface area contributed by atoms with Gasteiger partial charge in [0.05, 0.1) is 21.6 Å². The predicted octanol–water partition coefficient (Wildman–Crippen LogP) is 4.22. The number of hydrogen-bond donors (Lipinski definition) is 1. The molecule has 0 aromatic heterocycles. The Labute approximate surface area is 122 Å². The van der Waals surface area contributed by atoms with Crippen molar-refractivity contribution in [3.63, 3.8) is 0 Å². The number of anilines is 1. The summed E-state index contributed by atoms with van der Waals surface area (Å²) in [6, 6.07) is 3.34. The van der Waals surface area contributed by atoms with Gasteiger partial charge in [-0.05, 0) is 41.9 Å². The first-order valence-corrected chi connectivity index (χ1v) is 6.75. The van der Waals surface area contributed by atoms with E-state index in [9.17, 15) is 4.79 Å². The van der Waals surface area contributed by atoms with Crippen LogP contribution in [0.2, 0.25) is 5.02 Å². The van der Waals surface area contributed by atoms with Crippen LogP contribution in [0.1, 0.15) is 13.8 Å². The second kappa shape index (κ2) is 5.59. The van der Waals surface area contributed by atoms with Crippen molar-refractivity contribution in [3.05, 3.63) is 21.6 Å². The second-order valence-electron chi connectivity index (χ2n) is 3.90. The molecule has 1 aromatic rings. The average molecular weight is 385 g/mol. The van der Waals surface area contributed by atoms with Gasteiger partial charge in [-0.15, -0.1) is 0 Å². The van der Waals surface area contributed by atoms with E-state index in [1.165, 1.54) is 7.11 Å². The highest BCUT2D eigenvalue weighted by atomic mass is 79.9. The van der Waals surface area contributed by atoms with Crippen LogP contribution in [0.3, 0.4) is 0 Å². The van der Waals surface area contributed by atoms with Crippen molar-refractivity contribution in [2.24, 2.45) is 0 Å². The SMILES string of the molecule is COc1c(Br)cc(Cl)cc1NC(=O)C(C)(C)Br. The van der Waals surface area contributed by atoms with Crippen molar-refractivity contribution < 1.29 is 9.53 Å². The molecule has 0 radical (unpaired) electrons. The number of carbonyl (C=O) groups is 1. The quantitative estimate of drug-likeness (QED) is 0.791. The third kappa shape index (κ3) is 3.86. The molecule has 1 rings (SSSR count). The number of halogens is 3. The Morgan fingerprint density at radius 2 is 2.06 bits per heavy atom. The van der Waals surface area contributed by atoms with E-state index in [1.807, 2.05) is 0 Å². The molecule has 1 N–H and O–H groups in total. The molecule has 3 nitrogen and oxygen atoms in total. The maximum absolute atomic E-state index is 11.9. The van der Waals surface area contributed by atoms with E-state index in [4.69, 9.17) is 16.3 Å². The highest BCUT2D eigenvalue weighted by Gasteiger charge is 2.25. The second-order valence-corrected chi connectivity index (χ2v) is 7.17. The van der Waals surface area contributed by atoms with Gasteiger partial charge in [0.1, 0.15) is 0 Å². The minimum absolute atomic E-state index is 0.176. The van der Waals surface area contributed by atoms with Crippen LogP contribution in [0.5, 0.6) is 5.75 Å². The normalized spacial score (nSPS) is 11.2. The zero-order valence-corrected chi connectivity index (χ0v) is 13.5. The van der Waals surface area contributed by atoms with Crippen LogP contribution in [0, 0.1) is 0 Å². The van der Waals surface area contributed by atoms with E-state index >= 15 is 0 Å². The smallest absolute Gasteiger partial charge is 0.240 e. The third-order valence-corrected chi connectivity index (χ3v) is 3.17. The fourth-order valence-corrected chi connectivity index (χ4v) is 2.20. The molecule has 0 aliphatic heterocycles. The first-order chi connectivity index (χ1) is 7.75. The van der Waals surface area contributed by atoms with Crippen LogP contribution < -0.4 is 10.1 Å². The number of rotatable bonds is 3. The zero-order valence-electron chi connectivity index (χ0n) is 9.61. The van der Waals surface area contributed by atoms with Crippen LogP contribution in [0.15, 0.2) is 16.6 Å². The third-order valence-electron chi connectivity index (χ3n) is 2.00.